The van der Waals surface area contributed by atoms with E-state index in [1.54, 1.807) is 0 Å². The van der Waals surface area contributed by atoms with E-state index < -0.39 is 0 Å². The molecular formula is C31H36N4O2. The molecule has 5 rings (SSSR count). The van der Waals surface area contributed by atoms with Crippen molar-refractivity contribution < 1.29 is 9.59 Å². The average molecular weight is 497 g/mol. The minimum absolute atomic E-state index is 0.0571. The lowest BCUT2D eigenvalue weighted by Crippen LogP contribution is -2.36. The number of anilines is 3. The second-order valence-electron chi connectivity index (χ2n) is 10.3. The number of piperidine rings is 1. The molecule has 3 amide bonds. The monoisotopic (exact) mass is 496 g/mol. The summed E-state index contributed by atoms with van der Waals surface area (Å²) in [5.74, 6) is 0.712. The molecule has 6 heteroatoms. The van der Waals surface area contributed by atoms with Gasteiger partial charge in [-0.2, -0.15) is 0 Å². The van der Waals surface area contributed by atoms with Crippen LogP contribution in [0.3, 0.4) is 0 Å². The van der Waals surface area contributed by atoms with Gasteiger partial charge in [0.25, 0.3) is 5.91 Å². The molecule has 0 aromatic heterocycles. The van der Waals surface area contributed by atoms with E-state index in [2.05, 4.69) is 45.9 Å². The van der Waals surface area contributed by atoms with Crippen molar-refractivity contribution in [3.05, 3.63) is 89.5 Å². The molecule has 0 unspecified atom stereocenters. The lowest BCUT2D eigenvalue weighted by Gasteiger charge is -2.35. The Morgan fingerprint density at radius 1 is 0.811 bits per heavy atom. The van der Waals surface area contributed by atoms with Crippen LogP contribution in [0.1, 0.15) is 47.2 Å². The van der Waals surface area contributed by atoms with Gasteiger partial charge in [-0.05, 0) is 86.4 Å². The van der Waals surface area contributed by atoms with Crippen molar-refractivity contribution in [1.29, 1.82) is 0 Å². The number of likely N-dealkylation sites (tertiary alicyclic amines) is 1. The molecular weight excluding hydrogens is 460 g/mol. The number of rotatable bonds is 6. The number of nitrogens with zero attached hydrogens (tertiary/aromatic N) is 2. The molecule has 6 nitrogen and oxygen atoms in total. The first-order valence-electron chi connectivity index (χ1n) is 13.4. The summed E-state index contributed by atoms with van der Waals surface area (Å²) < 4.78 is 0. The van der Waals surface area contributed by atoms with Gasteiger partial charge in [0.15, 0.2) is 0 Å². The summed E-state index contributed by atoms with van der Waals surface area (Å²) in [6.45, 7) is 5.44. The van der Waals surface area contributed by atoms with Crippen LogP contribution in [0.25, 0.3) is 0 Å². The standard InChI is InChI=1S/C31H36N4O2/c1-23-8-7-11-26(20-23)32-31(37)33-27-12-13-29(28(22-27)30(36)35-16-5-6-17-35)34-18-14-25(15-19-34)21-24-9-3-2-4-10-24/h2-4,7-13,20,22,25H,5-6,14-19,21H2,1H3,(H2,32,33,37). The summed E-state index contributed by atoms with van der Waals surface area (Å²) in [4.78, 5) is 30.5. The number of nitrogens with one attached hydrogen (secondary N) is 2. The van der Waals surface area contributed by atoms with Crippen LogP contribution in [-0.2, 0) is 6.42 Å². The number of benzene rings is 3. The van der Waals surface area contributed by atoms with Gasteiger partial charge in [0.05, 0.1) is 5.56 Å². The van der Waals surface area contributed by atoms with Gasteiger partial charge < -0.3 is 20.4 Å². The van der Waals surface area contributed by atoms with Crippen molar-refractivity contribution >= 4 is 29.0 Å². The maximum atomic E-state index is 13.6. The molecule has 2 fully saturated rings. The van der Waals surface area contributed by atoms with Crippen LogP contribution in [0.15, 0.2) is 72.8 Å². The Balaban J connectivity index is 1.30. The van der Waals surface area contributed by atoms with E-state index in [0.29, 0.717) is 17.2 Å². The van der Waals surface area contributed by atoms with Gasteiger partial charge in [-0.1, -0.05) is 42.5 Å². The number of amides is 3. The van der Waals surface area contributed by atoms with Gasteiger partial charge in [0, 0.05) is 43.2 Å². The molecule has 2 saturated heterocycles. The van der Waals surface area contributed by atoms with Gasteiger partial charge in [0.1, 0.15) is 0 Å². The Kier molecular flexibility index (Phi) is 7.73. The van der Waals surface area contributed by atoms with Gasteiger partial charge in [-0.15, -0.1) is 0 Å². The molecule has 2 N–H and O–H groups in total. The maximum absolute atomic E-state index is 13.6. The molecule has 2 heterocycles. The fourth-order valence-corrected chi connectivity index (χ4v) is 5.49. The molecule has 0 bridgehead atoms. The number of aryl methyl sites for hydroxylation is 1. The molecule has 3 aromatic rings. The summed E-state index contributed by atoms with van der Waals surface area (Å²) in [5.41, 5.74) is 5.48. The third-order valence-corrected chi connectivity index (χ3v) is 7.48. The highest BCUT2D eigenvalue weighted by atomic mass is 16.2. The molecule has 0 radical (unpaired) electrons. The van der Waals surface area contributed by atoms with Crippen LogP contribution in [0, 0.1) is 12.8 Å². The summed E-state index contributed by atoms with van der Waals surface area (Å²) in [7, 11) is 0. The fourth-order valence-electron chi connectivity index (χ4n) is 5.49. The van der Waals surface area contributed by atoms with Crippen LogP contribution < -0.4 is 15.5 Å². The molecule has 37 heavy (non-hydrogen) atoms. The Morgan fingerprint density at radius 2 is 1.51 bits per heavy atom. The van der Waals surface area contributed by atoms with Gasteiger partial charge >= 0.3 is 6.03 Å². The third-order valence-electron chi connectivity index (χ3n) is 7.48. The first kappa shape index (κ1) is 24.9. The van der Waals surface area contributed by atoms with E-state index >= 15 is 0 Å². The number of carbonyl (C=O) groups is 2. The smallest absolute Gasteiger partial charge is 0.323 e. The third kappa shape index (κ3) is 6.31. The Bertz CT molecular complexity index is 1230. The van der Waals surface area contributed by atoms with Crippen LogP contribution in [0.2, 0.25) is 0 Å². The van der Waals surface area contributed by atoms with E-state index in [1.807, 2.05) is 54.3 Å². The van der Waals surface area contributed by atoms with Crippen molar-refractivity contribution in [3.8, 4) is 0 Å². The van der Waals surface area contributed by atoms with E-state index in [-0.39, 0.29) is 11.9 Å². The van der Waals surface area contributed by atoms with Gasteiger partial charge in [-0.25, -0.2) is 4.79 Å². The van der Waals surface area contributed by atoms with E-state index in [0.717, 1.165) is 75.2 Å². The zero-order chi connectivity index (χ0) is 25.6. The summed E-state index contributed by atoms with van der Waals surface area (Å²) in [6.07, 6.45) is 5.40. The topological polar surface area (TPSA) is 64.7 Å². The van der Waals surface area contributed by atoms with Crippen LogP contribution in [0.4, 0.5) is 21.9 Å². The largest absolute Gasteiger partial charge is 0.371 e. The second kappa shape index (κ2) is 11.5. The average Bonchev–Trinajstić information content (AvgIpc) is 3.45. The van der Waals surface area contributed by atoms with E-state index in [9.17, 15) is 9.59 Å². The van der Waals surface area contributed by atoms with Crippen molar-refractivity contribution in [2.24, 2.45) is 5.92 Å². The Hall–Kier alpha value is -3.80. The highest BCUT2D eigenvalue weighted by Gasteiger charge is 2.27. The molecule has 0 aliphatic carbocycles. The molecule has 2 aliphatic heterocycles. The number of urea groups is 1. The fraction of sp³-hybridized carbons (Fsp3) is 0.355. The van der Waals surface area contributed by atoms with E-state index in [4.69, 9.17) is 0 Å². The molecule has 192 valence electrons. The van der Waals surface area contributed by atoms with E-state index in [1.165, 1.54) is 5.56 Å². The highest BCUT2D eigenvalue weighted by Crippen LogP contribution is 2.31. The first-order chi connectivity index (χ1) is 18.0. The van der Waals surface area contributed by atoms with Crippen LogP contribution >= 0.6 is 0 Å². The van der Waals surface area contributed by atoms with Crippen molar-refractivity contribution in [2.75, 3.05) is 41.7 Å². The lowest BCUT2D eigenvalue weighted by molar-refractivity contribution is 0.0793. The summed E-state index contributed by atoms with van der Waals surface area (Å²) >= 11 is 0. The second-order valence-corrected chi connectivity index (χ2v) is 10.3. The zero-order valence-corrected chi connectivity index (χ0v) is 21.6. The SMILES string of the molecule is Cc1cccc(NC(=O)Nc2ccc(N3CCC(Cc4ccccc4)CC3)c(C(=O)N3CCCC3)c2)c1. The molecule has 0 saturated carbocycles. The predicted molar refractivity (Wildman–Crippen MR) is 150 cm³/mol. The predicted octanol–water partition coefficient (Wildman–Crippen LogP) is 6.33. The van der Waals surface area contributed by atoms with Crippen molar-refractivity contribution in [2.45, 2.75) is 39.0 Å². The van der Waals surface area contributed by atoms with Crippen LogP contribution in [-0.4, -0.2) is 43.0 Å². The molecule has 3 aromatic carbocycles. The molecule has 0 spiro atoms. The Morgan fingerprint density at radius 3 is 2.22 bits per heavy atom. The number of carbonyl (C=O) groups excluding carboxylic acids is 2. The summed E-state index contributed by atoms with van der Waals surface area (Å²) in [6, 6.07) is 23.8. The quantitative estimate of drug-likeness (QED) is 0.419. The van der Waals surface area contributed by atoms with Gasteiger partial charge in [-0.3, -0.25) is 4.79 Å². The normalized spacial score (nSPS) is 16.0. The number of hydrogen-bond donors (Lipinski definition) is 2. The summed E-state index contributed by atoms with van der Waals surface area (Å²) in [5, 5.41) is 5.80. The molecule has 0 atom stereocenters. The number of hydrogen-bond acceptors (Lipinski definition) is 3. The minimum Gasteiger partial charge on any atom is -0.371 e. The Labute approximate surface area is 219 Å². The van der Waals surface area contributed by atoms with Crippen molar-refractivity contribution in [3.63, 3.8) is 0 Å². The molecule has 2 aliphatic rings. The van der Waals surface area contributed by atoms with Gasteiger partial charge in [0.2, 0.25) is 0 Å². The first-order valence-corrected chi connectivity index (χ1v) is 13.4. The zero-order valence-electron chi connectivity index (χ0n) is 21.6. The van der Waals surface area contributed by atoms with Crippen molar-refractivity contribution in [1.82, 2.24) is 4.90 Å². The lowest BCUT2D eigenvalue weighted by atomic mass is 9.89. The highest BCUT2D eigenvalue weighted by molar-refractivity contribution is 6.04. The minimum atomic E-state index is -0.320. The van der Waals surface area contributed by atoms with Crippen LogP contribution in [0.5, 0.6) is 0 Å². The maximum Gasteiger partial charge on any atom is 0.323 e.